The summed E-state index contributed by atoms with van der Waals surface area (Å²) in [5, 5.41) is 23.1. The highest BCUT2D eigenvalue weighted by Gasteiger charge is 2.33. The fourth-order valence-corrected chi connectivity index (χ4v) is 2.08. The SMILES string of the molecule is O=C(O)C1CCCN1C(=O)Cn1cc([N+](=O)[O-])cn1. The molecule has 9 heteroatoms. The van der Waals surface area contributed by atoms with Crippen LogP contribution < -0.4 is 0 Å². The molecule has 19 heavy (non-hydrogen) atoms. The molecule has 9 nitrogen and oxygen atoms in total. The fourth-order valence-electron chi connectivity index (χ4n) is 2.08. The topological polar surface area (TPSA) is 119 Å². The number of rotatable bonds is 4. The van der Waals surface area contributed by atoms with E-state index in [1.54, 1.807) is 0 Å². The first-order valence-electron chi connectivity index (χ1n) is 5.68. The first-order chi connectivity index (χ1) is 8.99. The Balaban J connectivity index is 2.04. The number of amides is 1. The monoisotopic (exact) mass is 268 g/mol. The van der Waals surface area contributed by atoms with E-state index in [9.17, 15) is 19.7 Å². The quantitative estimate of drug-likeness (QED) is 0.600. The molecule has 1 aromatic heterocycles. The van der Waals surface area contributed by atoms with Crippen molar-refractivity contribution < 1.29 is 19.6 Å². The van der Waals surface area contributed by atoms with Gasteiger partial charge in [-0.15, -0.1) is 0 Å². The van der Waals surface area contributed by atoms with Gasteiger partial charge in [-0.3, -0.25) is 19.6 Å². The molecule has 0 saturated carbocycles. The molecule has 1 aromatic rings. The van der Waals surface area contributed by atoms with Crippen LogP contribution >= 0.6 is 0 Å². The van der Waals surface area contributed by atoms with E-state index in [0.29, 0.717) is 19.4 Å². The molecule has 0 spiro atoms. The zero-order valence-corrected chi connectivity index (χ0v) is 9.93. The lowest BCUT2D eigenvalue weighted by Gasteiger charge is -2.21. The number of aromatic nitrogens is 2. The lowest BCUT2D eigenvalue weighted by molar-refractivity contribution is -0.385. The van der Waals surface area contributed by atoms with Crippen molar-refractivity contribution in [2.45, 2.75) is 25.4 Å². The van der Waals surface area contributed by atoms with Gasteiger partial charge in [0.05, 0.1) is 4.92 Å². The summed E-state index contributed by atoms with van der Waals surface area (Å²) < 4.78 is 1.14. The van der Waals surface area contributed by atoms with Crippen molar-refractivity contribution in [2.75, 3.05) is 6.54 Å². The molecule has 1 amide bonds. The van der Waals surface area contributed by atoms with E-state index in [0.717, 1.165) is 17.1 Å². The van der Waals surface area contributed by atoms with Gasteiger partial charge in [0.25, 0.3) is 0 Å². The van der Waals surface area contributed by atoms with E-state index in [-0.39, 0.29) is 12.2 Å². The molecule has 0 aliphatic carbocycles. The Labute approximate surface area is 107 Å². The van der Waals surface area contributed by atoms with Crippen LogP contribution in [0.25, 0.3) is 0 Å². The van der Waals surface area contributed by atoms with Gasteiger partial charge in [-0.25, -0.2) is 4.79 Å². The van der Waals surface area contributed by atoms with E-state index in [1.165, 1.54) is 4.90 Å². The van der Waals surface area contributed by atoms with Gasteiger partial charge in [-0.2, -0.15) is 5.10 Å². The summed E-state index contributed by atoms with van der Waals surface area (Å²) in [6.07, 6.45) is 3.26. The van der Waals surface area contributed by atoms with Crippen LogP contribution in [0.3, 0.4) is 0 Å². The van der Waals surface area contributed by atoms with Gasteiger partial charge in [0, 0.05) is 6.54 Å². The van der Waals surface area contributed by atoms with Gasteiger partial charge in [-0.05, 0) is 12.8 Å². The summed E-state index contributed by atoms with van der Waals surface area (Å²) in [7, 11) is 0. The van der Waals surface area contributed by atoms with Crippen LogP contribution in [-0.4, -0.2) is 49.2 Å². The first kappa shape index (κ1) is 13.0. The van der Waals surface area contributed by atoms with Gasteiger partial charge >= 0.3 is 11.7 Å². The van der Waals surface area contributed by atoms with E-state index in [1.807, 2.05) is 0 Å². The second-order valence-corrected chi connectivity index (χ2v) is 4.24. The molecular weight excluding hydrogens is 256 g/mol. The van der Waals surface area contributed by atoms with Crippen molar-refractivity contribution in [3.05, 3.63) is 22.5 Å². The molecule has 2 rings (SSSR count). The number of carbonyl (C=O) groups excluding carboxylic acids is 1. The third kappa shape index (κ3) is 2.69. The Morgan fingerprint density at radius 1 is 1.58 bits per heavy atom. The van der Waals surface area contributed by atoms with Gasteiger partial charge < -0.3 is 10.0 Å². The van der Waals surface area contributed by atoms with Gasteiger partial charge in [0.15, 0.2) is 0 Å². The van der Waals surface area contributed by atoms with Crippen LogP contribution in [0, 0.1) is 10.1 Å². The molecule has 0 bridgehead atoms. The number of nitro groups is 1. The van der Waals surface area contributed by atoms with Crippen LogP contribution in [0.4, 0.5) is 5.69 Å². The number of hydrogen-bond donors (Lipinski definition) is 1. The number of hydrogen-bond acceptors (Lipinski definition) is 5. The summed E-state index contributed by atoms with van der Waals surface area (Å²) >= 11 is 0. The van der Waals surface area contributed by atoms with Crippen LogP contribution in [0.2, 0.25) is 0 Å². The highest BCUT2D eigenvalue weighted by molar-refractivity contribution is 5.84. The summed E-state index contributed by atoms with van der Waals surface area (Å²) in [4.78, 5) is 34.0. The largest absolute Gasteiger partial charge is 0.480 e. The van der Waals surface area contributed by atoms with Crippen LogP contribution in [-0.2, 0) is 16.1 Å². The maximum absolute atomic E-state index is 11.9. The molecule has 1 aliphatic rings. The molecule has 1 fully saturated rings. The smallest absolute Gasteiger partial charge is 0.326 e. The first-order valence-corrected chi connectivity index (χ1v) is 5.68. The molecular formula is C10H12N4O5. The summed E-state index contributed by atoms with van der Waals surface area (Å²) in [5.74, 6) is -1.43. The highest BCUT2D eigenvalue weighted by Crippen LogP contribution is 2.18. The van der Waals surface area contributed by atoms with Crippen LogP contribution in [0.5, 0.6) is 0 Å². The second-order valence-electron chi connectivity index (χ2n) is 4.24. The summed E-state index contributed by atoms with van der Waals surface area (Å²) in [6, 6.07) is -0.807. The maximum atomic E-state index is 11.9. The minimum absolute atomic E-state index is 0.197. The molecule has 102 valence electrons. The fraction of sp³-hybridized carbons (Fsp3) is 0.500. The van der Waals surface area contributed by atoms with E-state index >= 15 is 0 Å². The lowest BCUT2D eigenvalue weighted by atomic mass is 10.2. The predicted molar refractivity (Wildman–Crippen MR) is 61.3 cm³/mol. The van der Waals surface area contributed by atoms with Crippen molar-refractivity contribution in [1.29, 1.82) is 0 Å². The van der Waals surface area contributed by atoms with Crippen molar-refractivity contribution in [3.63, 3.8) is 0 Å². The minimum atomic E-state index is -1.03. The van der Waals surface area contributed by atoms with Crippen molar-refractivity contribution in [1.82, 2.24) is 14.7 Å². The number of likely N-dealkylation sites (tertiary alicyclic amines) is 1. The van der Waals surface area contributed by atoms with E-state index in [2.05, 4.69) is 5.10 Å². The zero-order valence-electron chi connectivity index (χ0n) is 9.93. The Hall–Kier alpha value is -2.45. The number of carboxylic acids is 1. The third-order valence-electron chi connectivity index (χ3n) is 2.99. The third-order valence-corrected chi connectivity index (χ3v) is 2.99. The standard InChI is InChI=1S/C10H12N4O5/c15-9(13-3-1-2-8(13)10(16)17)6-12-5-7(4-11-12)14(18)19/h4-5,8H,1-3,6H2,(H,16,17). The number of carboxylic acid groups (broad SMARTS) is 1. The summed E-state index contributed by atoms with van der Waals surface area (Å²) in [6.45, 7) is 0.191. The normalized spacial score (nSPS) is 18.5. The van der Waals surface area contributed by atoms with E-state index < -0.39 is 22.8 Å². The molecule has 0 aromatic carbocycles. The second kappa shape index (κ2) is 5.04. The lowest BCUT2D eigenvalue weighted by Crippen LogP contribution is -2.42. The van der Waals surface area contributed by atoms with Crippen molar-refractivity contribution >= 4 is 17.6 Å². The molecule has 1 aliphatic heterocycles. The number of carbonyl (C=O) groups is 2. The van der Waals surface area contributed by atoms with Crippen molar-refractivity contribution in [3.8, 4) is 0 Å². The van der Waals surface area contributed by atoms with Gasteiger partial charge in [0.1, 0.15) is 25.0 Å². The van der Waals surface area contributed by atoms with Crippen LogP contribution in [0.15, 0.2) is 12.4 Å². The highest BCUT2D eigenvalue weighted by atomic mass is 16.6. The number of aliphatic carboxylic acids is 1. The van der Waals surface area contributed by atoms with Gasteiger partial charge in [0.2, 0.25) is 5.91 Å². The van der Waals surface area contributed by atoms with Crippen molar-refractivity contribution in [2.24, 2.45) is 0 Å². The predicted octanol–water partition coefficient (Wildman–Crippen LogP) is -0.133. The summed E-state index contributed by atoms with van der Waals surface area (Å²) in [5.41, 5.74) is -0.205. The average molecular weight is 268 g/mol. The molecule has 1 N–H and O–H groups in total. The molecule has 0 radical (unpaired) electrons. The number of nitrogens with zero attached hydrogens (tertiary/aromatic N) is 4. The van der Waals surface area contributed by atoms with E-state index in [4.69, 9.17) is 5.11 Å². The Morgan fingerprint density at radius 3 is 2.89 bits per heavy atom. The molecule has 1 atom stereocenters. The Kier molecular flexibility index (Phi) is 3.45. The molecule has 1 unspecified atom stereocenters. The minimum Gasteiger partial charge on any atom is -0.480 e. The van der Waals surface area contributed by atoms with Crippen LogP contribution in [0.1, 0.15) is 12.8 Å². The Bertz CT molecular complexity index is 526. The maximum Gasteiger partial charge on any atom is 0.326 e. The molecule has 1 saturated heterocycles. The Morgan fingerprint density at radius 2 is 2.32 bits per heavy atom. The average Bonchev–Trinajstić information content (AvgIpc) is 2.96. The zero-order chi connectivity index (χ0) is 14.0. The molecule has 2 heterocycles. The van der Waals surface area contributed by atoms with Gasteiger partial charge in [-0.1, -0.05) is 0 Å².